The highest BCUT2D eigenvalue weighted by atomic mass is 32.2. The Morgan fingerprint density at radius 1 is 1.22 bits per heavy atom. The first-order chi connectivity index (χ1) is 15.4. The topological polar surface area (TPSA) is 36.9 Å². The molecule has 1 heterocycles. The van der Waals surface area contributed by atoms with E-state index < -0.39 is 0 Å². The molecule has 176 valence electrons. The molecule has 1 saturated carbocycles. The van der Waals surface area contributed by atoms with E-state index in [1.165, 1.54) is 41.8 Å². The second-order valence-electron chi connectivity index (χ2n) is 10.0. The minimum atomic E-state index is 0.187. The Morgan fingerprint density at radius 3 is 2.59 bits per heavy atom. The molecule has 2 fully saturated rings. The molecule has 1 aliphatic carbocycles. The Morgan fingerprint density at radius 2 is 1.97 bits per heavy atom. The van der Waals surface area contributed by atoms with E-state index >= 15 is 0 Å². The summed E-state index contributed by atoms with van der Waals surface area (Å²) in [5, 5.41) is 3.09. The van der Waals surface area contributed by atoms with E-state index in [0.717, 1.165) is 45.0 Å². The minimum Gasteiger partial charge on any atom is -0.380 e. The van der Waals surface area contributed by atoms with Crippen molar-refractivity contribution in [2.24, 2.45) is 10.4 Å². The van der Waals surface area contributed by atoms with Crippen LogP contribution in [-0.2, 0) is 4.74 Å². The summed E-state index contributed by atoms with van der Waals surface area (Å²) in [6, 6.07) is 6.84. The van der Waals surface area contributed by atoms with Crippen LogP contribution in [-0.4, -0.2) is 51.4 Å². The molecule has 1 aromatic rings. The Labute approximate surface area is 199 Å². The molecule has 0 atom stereocenters. The third-order valence-corrected chi connectivity index (χ3v) is 7.38. The fourth-order valence-electron chi connectivity index (χ4n) is 4.22. The maximum atomic E-state index is 5.59. The molecule has 0 unspecified atom stereocenters. The third kappa shape index (κ3) is 7.50. The van der Waals surface area contributed by atoms with Crippen LogP contribution in [0.15, 0.2) is 46.3 Å². The molecule has 1 saturated heterocycles. The van der Waals surface area contributed by atoms with Gasteiger partial charge in [-0.05, 0) is 75.6 Å². The predicted molar refractivity (Wildman–Crippen MR) is 141 cm³/mol. The number of rotatable bonds is 11. The van der Waals surface area contributed by atoms with Crippen molar-refractivity contribution >= 4 is 29.9 Å². The van der Waals surface area contributed by atoms with Gasteiger partial charge in [0, 0.05) is 40.5 Å². The zero-order valence-electron chi connectivity index (χ0n) is 20.5. The van der Waals surface area contributed by atoms with Gasteiger partial charge in [0.1, 0.15) is 0 Å². The molecular formula is C27H41N3OS. The number of hydrogen-bond donors (Lipinski definition) is 1. The van der Waals surface area contributed by atoms with Crippen LogP contribution in [0, 0.1) is 5.41 Å². The van der Waals surface area contributed by atoms with E-state index in [0.29, 0.717) is 5.41 Å². The van der Waals surface area contributed by atoms with Gasteiger partial charge in [0.25, 0.3) is 0 Å². The van der Waals surface area contributed by atoms with E-state index in [4.69, 9.17) is 4.74 Å². The van der Waals surface area contributed by atoms with Crippen molar-refractivity contribution in [1.82, 2.24) is 5.32 Å². The van der Waals surface area contributed by atoms with Gasteiger partial charge in [0.05, 0.1) is 18.9 Å². The van der Waals surface area contributed by atoms with E-state index in [1.54, 1.807) is 0 Å². The number of thioether (sulfide) groups is 1. The average Bonchev–Trinajstić information content (AvgIpc) is 3.51. The number of piperidine rings is 1. The largest absolute Gasteiger partial charge is 0.380 e. The first-order valence-corrected chi connectivity index (χ1v) is 12.8. The number of benzene rings is 1. The summed E-state index contributed by atoms with van der Waals surface area (Å²) in [6.07, 6.45) is 12.7. The van der Waals surface area contributed by atoms with Crippen LogP contribution in [0.3, 0.4) is 0 Å². The van der Waals surface area contributed by atoms with E-state index in [1.807, 2.05) is 18.8 Å². The number of hydrogen-bond acceptors (Lipinski definition) is 5. The van der Waals surface area contributed by atoms with Gasteiger partial charge in [-0.2, -0.15) is 0 Å². The summed E-state index contributed by atoms with van der Waals surface area (Å²) >= 11 is 1.93. The smallest absolute Gasteiger partial charge is 0.0715 e. The maximum Gasteiger partial charge on any atom is 0.0715 e. The van der Waals surface area contributed by atoms with E-state index in [9.17, 15) is 0 Å². The Kier molecular flexibility index (Phi) is 9.04. The number of anilines is 1. The molecule has 1 N–H and O–H groups in total. The molecule has 0 aromatic heterocycles. The highest BCUT2D eigenvalue weighted by Gasteiger charge is 2.44. The molecule has 5 heteroatoms. The van der Waals surface area contributed by atoms with Crippen molar-refractivity contribution in [3.8, 4) is 0 Å². The Hall–Kier alpha value is -1.56. The molecule has 0 amide bonds. The molecule has 1 aromatic carbocycles. The predicted octanol–water partition coefficient (Wildman–Crippen LogP) is 6.18. The van der Waals surface area contributed by atoms with Crippen molar-refractivity contribution in [3.05, 3.63) is 42.0 Å². The van der Waals surface area contributed by atoms with Crippen LogP contribution in [0.25, 0.3) is 5.70 Å². The van der Waals surface area contributed by atoms with Gasteiger partial charge in [-0.1, -0.05) is 32.9 Å². The summed E-state index contributed by atoms with van der Waals surface area (Å²) in [4.78, 5) is 8.30. The van der Waals surface area contributed by atoms with Gasteiger partial charge in [-0.15, -0.1) is 11.8 Å². The molecule has 1 spiro atoms. The van der Waals surface area contributed by atoms with Gasteiger partial charge < -0.3 is 15.0 Å². The molecule has 0 radical (unpaired) electrons. The average molecular weight is 456 g/mol. The lowest BCUT2D eigenvalue weighted by Gasteiger charge is -2.35. The molecule has 0 bridgehead atoms. The standard InChI is InChI=1S/C27H41N3OS/c1-26(2,3)32-22-10-11-23(24(29-5)9-7-6-8-19-31-20-16-28-4)25(21-22)30-17-14-27(12-13-27)15-18-30/h6-7,9-11,21,28H,5,8,12-20H2,1-4H3/b7-6-,24-9-. The minimum absolute atomic E-state index is 0.187. The second kappa shape index (κ2) is 11.5. The summed E-state index contributed by atoms with van der Waals surface area (Å²) in [5.41, 5.74) is 4.09. The molecule has 1 aliphatic heterocycles. The van der Waals surface area contributed by atoms with Gasteiger partial charge >= 0.3 is 0 Å². The summed E-state index contributed by atoms with van der Waals surface area (Å²) in [5.74, 6) is 0. The van der Waals surface area contributed by atoms with Crippen molar-refractivity contribution in [2.75, 3.05) is 44.8 Å². The van der Waals surface area contributed by atoms with Gasteiger partial charge in [0.15, 0.2) is 0 Å². The van der Waals surface area contributed by atoms with E-state index in [2.05, 4.69) is 79.1 Å². The number of aliphatic imine (C=N–C) groups is 1. The number of ether oxygens (including phenoxy) is 1. The van der Waals surface area contributed by atoms with Crippen LogP contribution >= 0.6 is 11.8 Å². The third-order valence-electron chi connectivity index (χ3n) is 6.28. The molecule has 4 nitrogen and oxygen atoms in total. The summed E-state index contributed by atoms with van der Waals surface area (Å²) in [6.45, 7) is 15.3. The summed E-state index contributed by atoms with van der Waals surface area (Å²) in [7, 11) is 1.94. The Balaban J connectivity index is 1.75. The van der Waals surface area contributed by atoms with Crippen molar-refractivity contribution in [2.45, 2.75) is 62.5 Å². The normalized spacial score (nSPS) is 18.5. The van der Waals surface area contributed by atoms with Gasteiger partial charge in [-0.3, -0.25) is 4.99 Å². The highest BCUT2D eigenvalue weighted by Crippen LogP contribution is 2.54. The molecular weight excluding hydrogens is 414 g/mol. The number of nitrogens with zero attached hydrogens (tertiary/aromatic N) is 2. The fourth-order valence-corrected chi connectivity index (χ4v) is 5.23. The van der Waals surface area contributed by atoms with Crippen molar-refractivity contribution < 1.29 is 4.74 Å². The van der Waals surface area contributed by atoms with Crippen molar-refractivity contribution in [1.29, 1.82) is 0 Å². The van der Waals surface area contributed by atoms with Crippen molar-refractivity contribution in [3.63, 3.8) is 0 Å². The van der Waals surface area contributed by atoms with Crippen LogP contribution < -0.4 is 10.2 Å². The quantitative estimate of drug-likeness (QED) is 0.187. The Bertz CT molecular complexity index is 811. The van der Waals surface area contributed by atoms with Crippen LogP contribution in [0.2, 0.25) is 0 Å². The lowest BCUT2D eigenvalue weighted by Crippen LogP contribution is -2.35. The van der Waals surface area contributed by atoms with Crippen LogP contribution in [0.5, 0.6) is 0 Å². The van der Waals surface area contributed by atoms with Crippen LogP contribution in [0.4, 0.5) is 5.69 Å². The number of nitrogens with one attached hydrogen (secondary N) is 1. The van der Waals surface area contributed by atoms with Crippen LogP contribution in [0.1, 0.15) is 58.4 Å². The second-order valence-corrected chi connectivity index (χ2v) is 11.9. The summed E-state index contributed by atoms with van der Waals surface area (Å²) < 4.78 is 5.77. The lowest BCUT2D eigenvalue weighted by atomic mass is 9.93. The first-order valence-electron chi connectivity index (χ1n) is 12.0. The highest BCUT2D eigenvalue weighted by molar-refractivity contribution is 8.00. The fraction of sp³-hybridized carbons (Fsp3) is 0.593. The number of likely N-dealkylation sites (N-methyl/N-ethyl adjacent to an activating group) is 1. The zero-order chi connectivity index (χ0) is 23.0. The number of allylic oxidation sites excluding steroid dienone is 2. The molecule has 32 heavy (non-hydrogen) atoms. The first kappa shape index (κ1) is 25.1. The van der Waals surface area contributed by atoms with E-state index in [-0.39, 0.29) is 4.75 Å². The SMILES string of the molecule is C=N/C(=C\C=C/CCOCCNC)c1ccc(SC(C)(C)C)cc1N1CCC2(CC1)CC2. The monoisotopic (exact) mass is 455 g/mol. The van der Waals surface area contributed by atoms with Gasteiger partial charge in [-0.25, -0.2) is 0 Å². The molecule has 2 aliphatic rings. The maximum absolute atomic E-state index is 5.59. The lowest BCUT2D eigenvalue weighted by molar-refractivity contribution is 0.142. The zero-order valence-corrected chi connectivity index (χ0v) is 21.3. The van der Waals surface area contributed by atoms with Gasteiger partial charge in [0.2, 0.25) is 0 Å². The molecule has 3 rings (SSSR count).